The topological polar surface area (TPSA) is 117 Å². The van der Waals surface area contributed by atoms with Gasteiger partial charge in [0.15, 0.2) is 11.5 Å². The van der Waals surface area contributed by atoms with Crippen LogP contribution in [0.1, 0.15) is 5.56 Å². The molecule has 0 aliphatic carbocycles. The Kier molecular flexibility index (Phi) is 5.41. The second kappa shape index (κ2) is 7.92. The van der Waals surface area contributed by atoms with E-state index in [-0.39, 0.29) is 11.8 Å². The van der Waals surface area contributed by atoms with Crippen LogP contribution in [0.25, 0.3) is 10.2 Å². The second-order valence-electron chi connectivity index (χ2n) is 5.35. The molecule has 4 N–H and O–H groups in total. The number of nitrogens with zero attached hydrogens (tertiary/aromatic N) is 3. The molecule has 0 saturated carbocycles. The highest BCUT2D eigenvalue weighted by atomic mass is 32.1. The molecule has 0 spiro atoms. The van der Waals surface area contributed by atoms with Gasteiger partial charge in [0.05, 0.1) is 31.5 Å². The molecule has 0 bridgehead atoms. The fourth-order valence-electron chi connectivity index (χ4n) is 2.45. The van der Waals surface area contributed by atoms with E-state index < -0.39 is 0 Å². The molecule has 3 aromatic rings. The third-order valence-corrected chi connectivity index (χ3v) is 4.62. The largest absolute Gasteiger partial charge is 0.493 e. The van der Waals surface area contributed by atoms with Crippen LogP contribution in [0.3, 0.4) is 0 Å². The Bertz CT molecular complexity index is 971. The molecule has 0 radical (unpaired) electrons. The Morgan fingerprint density at radius 2 is 1.67 bits per heavy atom. The zero-order chi connectivity index (χ0) is 19.4. The van der Waals surface area contributed by atoms with Gasteiger partial charge in [-0.05, 0) is 24.3 Å². The van der Waals surface area contributed by atoms with Gasteiger partial charge in [-0.3, -0.25) is 0 Å². The number of ether oxygens (including phenoxy) is 3. The molecule has 2 aromatic carbocycles. The average molecular weight is 385 g/mol. The number of hydrogen-bond acceptors (Lipinski definition) is 6. The van der Waals surface area contributed by atoms with E-state index >= 15 is 0 Å². The molecule has 9 heteroatoms. The Morgan fingerprint density at radius 3 is 2.26 bits per heavy atom. The van der Waals surface area contributed by atoms with E-state index in [0.29, 0.717) is 27.9 Å². The summed E-state index contributed by atoms with van der Waals surface area (Å²) < 4.78 is 17.0. The zero-order valence-electron chi connectivity index (χ0n) is 15.1. The minimum absolute atomic E-state index is 0.000285. The van der Waals surface area contributed by atoms with Crippen LogP contribution in [-0.4, -0.2) is 38.1 Å². The molecule has 0 atom stereocenters. The molecule has 1 heterocycles. The predicted octanol–water partition coefficient (Wildman–Crippen LogP) is 2.67. The summed E-state index contributed by atoms with van der Waals surface area (Å²) in [6.45, 7) is 0. The van der Waals surface area contributed by atoms with E-state index in [9.17, 15) is 0 Å². The maximum atomic E-state index is 6.08. The Balaban J connectivity index is 1.94. The van der Waals surface area contributed by atoms with Crippen molar-refractivity contribution in [2.24, 2.45) is 21.5 Å². The highest BCUT2D eigenvalue weighted by molar-refractivity contribution is 7.22. The maximum absolute atomic E-state index is 6.08. The quantitative estimate of drug-likeness (QED) is 0.515. The van der Waals surface area contributed by atoms with E-state index in [0.717, 1.165) is 10.2 Å². The molecule has 0 saturated heterocycles. The number of methoxy groups -OCH3 is 3. The lowest BCUT2D eigenvalue weighted by atomic mass is 10.1. The smallest absolute Gasteiger partial charge is 0.224 e. The van der Waals surface area contributed by atoms with Gasteiger partial charge in [-0.1, -0.05) is 23.5 Å². The number of rotatable bonds is 5. The van der Waals surface area contributed by atoms with Crippen molar-refractivity contribution < 1.29 is 14.2 Å². The molecule has 27 heavy (non-hydrogen) atoms. The standard InChI is InChI=1S/C18H19N5O3S/c1-24-12-8-10(9-13(25-2)15(12)26-3)16(19)22-17(20)23-18-21-11-6-4-5-7-14(11)27-18/h4-9H,1-3H3,(H4,19,20,21,22,23). The van der Waals surface area contributed by atoms with Gasteiger partial charge in [0.2, 0.25) is 16.8 Å². The van der Waals surface area contributed by atoms with Crippen LogP contribution < -0.4 is 25.7 Å². The first-order valence-electron chi connectivity index (χ1n) is 7.90. The van der Waals surface area contributed by atoms with Gasteiger partial charge in [-0.15, -0.1) is 0 Å². The van der Waals surface area contributed by atoms with Gasteiger partial charge in [0, 0.05) is 5.56 Å². The van der Waals surface area contributed by atoms with Crippen molar-refractivity contribution >= 4 is 38.5 Å². The van der Waals surface area contributed by atoms with Crippen LogP contribution in [0.4, 0.5) is 5.13 Å². The van der Waals surface area contributed by atoms with Crippen molar-refractivity contribution in [2.75, 3.05) is 21.3 Å². The first kappa shape index (κ1) is 18.5. The number of hydrogen-bond donors (Lipinski definition) is 2. The summed E-state index contributed by atoms with van der Waals surface area (Å²) in [7, 11) is 4.58. The second-order valence-corrected chi connectivity index (χ2v) is 6.35. The molecule has 1 aromatic heterocycles. The number of aliphatic imine (C=N–C) groups is 2. The summed E-state index contributed by atoms with van der Waals surface area (Å²) in [4.78, 5) is 12.8. The molecule has 3 rings (SSSR count). The molecule has 0 aliphatic heterocycles. The van der Waals surface area contributed by atoms with Crippen LogP contribution in [-0.2, 0) is 0 Å². The molecule has 0 unspecified atom stereocenters. The molecule has 8 nitrogen and oxygen atoms in total. The summed E-state index contributed by atoms with van der Waals surface area (Å²) in [5.41, 5.74) is 13.4. The summed E-state index contributed by atoms with van der Waals surface area (Å²) in [6.07, 6.45) is 0. The van der Waals surface area contributed by atoms with E-state index in [1.165, 1.54) is 32.7 Å². The SMILES string of the molecule is COc1cc(C(N)=NC(N)=Nc2nc3ccccc3s2)cc(OC)c1OC. The summed E-state index contributed by atoms with van der Waals surface area (Å²) >= 11 is 1.42. The average Bonchev–Trinajstić information content (AvgIpc) is 3.08. The summed E-state index contributed by atoms with van der Waals surface area (Å²) in [5, 5.41) is 0.509. The van der Waals surface area contributed by atoms with E-state index in [2.05, 4.69) is 15.0 Å². The van der Waals surface area contributed by atoms with Crippen LogP contribution in [0.2, 0.25) is 0 Å². The van der Waals surface area contributed by atoms with Gasteiger partial charge in [-0.2, -0.15) is 9.98 Å². The van der Waals surface area contributed by atoms with Gasteiger partial charge in [0.25, 0.3) is 0 Å². The lowest BCUT2D eigenvalue weighted by molar-refractivity contribution is 0.324. The molecule has 0 aliphatic rings. The van der Waals surface area contributed by atoms with Crippen LogP contribution in [0.15, 0.2) is 46.4 Å². The number of amidine groups is 1. The number of thiazole rings is 1. The van der Waals surface area contributed by atoms with E-state index in [1.54, 1.807) is 12.1 Å². The van der Waals surface area contributed by atoms with Crippen molar-refractivity contribution in [3.8, 4) is 17.2 Å². The summed E-state index contributed by atoms with van der Waals surface area (Å²) in [6, 6.07) is 11.1. The number of aromatic nitrogens is 1. The Labute approximate surface area is 160 Å². The fourth-order valence-corrected chi connectivity index (χ4v) is 3.29. The third-order valence-electron chi connectivity index (χ3n) is 3.69. The lowest BCUT2D eigenvalue weighted by Gasteiger charge is -2.13. The van der Waals surface area contributed by atoms with E-state index in [1.807, 2.05) is 24.3 Å². The molecular formula is C18H19N5O3S. The van der Waals surface area contributed by atoms with Crippen molar-refractivity contribution in [3.63, 3.8) is 0 Å². The molecular weight excluding hydrogens is 366 g/mol. The van der Waals surface area contributed by atoms with Crippen molar-refractivity contribution in [1.82, 2.24) is 4.98 Å². The Hall–Kier alpha value is -3.33. The number of para-hydroxylation sites is 1. The Morgan fingerprint density at radius 1 is 1.00 bits per heavy atom. The number of guanidine groups is 1. The fraction of sp³-hybridized carbons (Fsp3) is 0.167. The van der Waals surface area contributed by atoms with Gasteiger partial charge in [-0.25, -0.2) is 4.98 Å². The van der Waals surface area contributed by atoms with Gasteiger partial charge >= 0.3 is 0 Å². The predicted molar refractivity (Wildman–Crippen MR) is 108 cm³/mol. The monoisotopic (exact) mass is 385 g/mol. The lowest BCUT2D eigenvalue weighted by Crippen LogP contribution is -2.19. The molecule has 0 amide bonds. The minimum Gasteiger partial charge on any atom is -0.493 e. The van der Waals surface area contributed by atoms with Gasteiger partial charge in [0.1, 0.15) is 5.84 Å². The number of benzene rings is 2. The third kappa shape index (κ3) is 3.93. The van der Waals surface area contributed by atoms with Gasteiger partial charge < -0.3 is 25.7 Å². The number of fused-ring (bicyclic) bond motifs is 1. The summed E-state index contributed by atoms with van der Waals surface area (Å²) in [5.74, 6) is 1.56. The van der Waals surface area contributed by atoms with Crippen LogP contribution in [0, 0.1) is 0 Å². The maximum Gasteiger partial charge on any atom is 0.224 e. The molecule has 0 fully saturated rings. The zero-order valence-corrected chi connectivity index (χ0v) is 15.9. The first-order valence-corrected chi connectivity index (χ1v) is 8.71. The van der Waals surface area contributed by atoms with Crippen molar-refractivity contribution in [3.05, 3.63) is 42.0 Å². The van der Waals surface area contributed by atoms with Crippen molar-refractivity contribution in [2.45, 2.75) is 0 Å². The highest BCUT2D eigenvalue weighted by Gasteiger charge is 2.15. The number of nitrogens with two attached hydrogens (primary N) is 2. The highest BCUT2D eigenvalue weighted by Crippen LogP contribution is 2.38. The first-order chi connectivity index (χ1) is 13.0. The van der Waals surface area contributed by atoms with E-state index in [4.69, 9.17) is 25.7 Å². The normalized spacial score (nSPS) is 12.3. The van der Waals surface area contributed by atoms with Crippen molar-refractivity contribution in [1.29, 1.82) is 0 Å². The van der Waals surface area contributed by atoms with Crippen LogP contribution >= 0.6 is 11.3 Å². The molecule has 140 valence electrons. The minimum atomic E-state index is 0.000285. The van der Waals surface area contributed by atoms with Crippen LogP contribution in [0.5, 0.6) is 17.2 Å².